The fourth-order valence-electron chi connectivity index (χ4n) is 2.29. The van der Waals surface area contributed by atoms with Gasteiger partial charge in [0.2, 0.25) is 5.88 Å². The Hall–Kier alpha value is -2.97. The monoisotopic (exact) mass is 318 g/mol. The normalized spacial score (nSPS) is 10.9. The molecule has 0 aliphatic carbocycles. The minimum atomic E-state index is -0.458. The number of hydrogen-bond acceptors (Lipinski definition) is 5. The van der Waals surface area contributed by atoms with Gasteiger partial charge in [-0.2, -0.15) is 14.5 Å². The summed E-state index contributed by atoms with van der Waals surface area (Å²) in [5.41, 5.74) is 1.27. The van der Waals surface area contributed by atoms with E-state index in [4.69, 9.17) is 4.74 Å². The largest absolute Gasteiger partial charge is 0.473 e. The molecular weight excluding hydrogens is 303 g/mol. The first-order valence-electron chi connectivity index (χ1n) is 7.03. The van der Waals surface area contributed by atoms with Crippen LogP contribution in [0.3, 0.4) is 0 Å². The molecule has 0 atom stereocenters. The zero-order valence-corrected chi connectivity index (χ0v) is 12.7. The minimum absolute atomic E-state index is 0.143. The zero-order chi connectivity index (χ0) is 16.4. The number of rotatable bonds is 5. The fourth-order valence-corrected chi connectivity index (χ4v) is 2.29. The minimum Gasteiger partial charge on any atom is -0.473 e. The van der Waals surface area contributed by atoms with Gasteiger partial charge in [0.1, 0.15) is 12.4 Å². The average molecular weight is 318 g/mol. The maximum Gasteiger partial charge on any atom is 0.368 e. The van der Waals surface area contributed by atoms with E-state index in [1.807, 2.05) is 6.92 Å². The average Bonchev–Trinajstić information content (AvgIpc) is 3.16. The van der Waals surface area contributed by atoms with Crippen LogP contribution >= 0.6 is 0 Å². The van der Waals surface area contributed by atoms with Crippen molar-refractivity contribution >= 4 is 0 Å². The van der Waals surface area contributed by atoms with E-state index in [1.165, 1.54) is 19.2 Å². The number of nitrogens with zero attached hydrogens (tertiary/aromatic N) is 5. The van der Waals surface area contributed by atoms with Crippen LogP contribution in [0, 0.1) is 5.82 Å². The molecule has 0 aliphatic rings. The van der Waals surface area contributed by atoms with Gasteiger partial charge in [0.05, 0.1) is 11.9 Å². The van der Waals surface area contributed by atoms with Crippen LogP contribution in [0.25, 0.3) is 5.69 Å². The van der Waals surface area contributed by atoms with Crippen LogP contribution < -0.4 is 10.4 Å². The van der Waals surface area contributed by atoms with Crippen LogP contribution in [0.4, 0.5) is 4.39 Å². The Morgan fingerprint density at radius 3 is 2.78 bits per heavy atom. The van der Waals surface area contributed by atoms with Gasteiger partial charge in [-0.05, 0) is 28.5 Å². The first-order chi connectivity index (χ1) is 11.1. The number of nitrogens with one attached hydrogen (secondary N) is 1. The number of halogens is 1. The third-order valence-electron chi connectivity index (χ3n) is 3.46. The van der Waals surface area contributed by atoms with E-state index in [2.05, 4.69) is 20.6 Å². The molecule has 2 heterocycles. The van der Waals surface area contributed by atoms with E-state index in [-0.39, 0.29) is 6.61 Å². The molecule has 23 heavy (non-hydrogen) atoms. The number of ether oxygens (including phenoxy) is 1. The van der Waals surface area contributed by atoms with Gasteiger partial charge in [-0.3, -0.25) is 0 Å². The molecule has 1 N–H and O–H groups in total. The molecule has 3 rings (SSSR count). The van der Waals surface area contributed by atoms with Crippen molar-refractivity contribution < 1.29 is 9.13 Å². The van der Waals surface area contributed by atoms with E-state index < -0.39 is 11.5 Å². The lowest BCUT2D eigenvalue weighted by atomic mass is 10.0. The fraction of sp³-hybridized carbons (Fsp3) is 0.286. The molecule has 0 unspecified atom stereocenters. The number of aromatic amines is 1. The van der Waals surface area contributed by atoms with Gasteiger partial charge in [0.15, 0.2) is 0 Å². The highest BCUT2D eigenvalue weighted by atomic mass is 19.1. The second-order valence-corrected chi connectivity index (χ2v) is 4.92. The third kappa shape index (κ3) is 2.85. The van der Waals surface area contributed by atoms with E-state index >= 15 is 0 Å². The van der Waals surface area contributed by atoms with Gasteiger partial charge >= 0.3 is 5.69 Å². The Morgan fingerprint density at radius 2 is 2.17 bits per heavy atom. The van der Waals surface area contributed by atoms with Crippen LogP contribution in [-0.4, -0.2) is 30.0 Å². The number of tetrazole rings is 1. The number of aromatic nitrogens is 6. The van der Waals surface area contributed by atoms with E-state index in [0.717, 1.165) is 14.9 Å². The number of hydrogen-bond donors (Lipinski definition) is 1. The van der Waals surface area contributed by atoms with Gasteiger partial charge in [-0.25, -0.2) is 14.3 Å². The number of aryl methyl sites for hydroxylation is 2. The summed E-state index contributed by atoms with van der Waals surface area (Å²) in [7, 11) is 1.48. The molecule has 3 aromatic rings. The molecule has 0 saturated heterocycles. The van der Waals surface area contributed by atoms with Crippen molar-refractivity contribution in [1.29, 1.82) is 0 Å². The quantitative estimate of drug-likeness (QED) is 0.757. The third-order valence-corrected chi connectivity index (χ3v) is 3.46. The molecule has 9 heteroatoms. The highest BCUT2D eigenvalue weighted by molar-refractivity contribution is 5.45. The van der Waals surface area contributed by atoms with Gasteiger partial charge in [-0.15, -0.1) is 0 Å². The zero-order valence-electron chi connectivity index (χ0n) is 12.7. The molecule has 1 aromatic carbocycles. The van der Waals surface area contributed by atoms with Crippen LogP contribution in [0.1, 0.15) is 18.1 Å². The van der Waals surface area contributed by atoms with Crippen molar-refractivity contribution in [2.24, 2.45) is 7.05 Å². The van der Waals surface area contributed by atoms with E-state index in [0.29, 0.717) is 23.6 Å². The van der Waals surface area contributed by atoms with Gasteiger partial charge in [0.25, 0.3) is 0 Å². The Kier molecular flexibility index (Phi) is 3.92. The summed E-state index contributed by atoms with van der Waals surface area (Å²) in [5.74, 6) is 0.0357. The maximum absolute atomic E-state index is 13.9. The maximum atomic E-state index is 13.9. The van der Waals surface area contributed by atoms with Crippen LogP contribution in [0.2, 0.25) is 0 Å². The summed E-state index contributed by atoms with van der Waals surface area (Å²) >= 11 is 0. The summed E-state index contributed by atoms with van der Waals surface area (Å²) < 4.78 is 21.7. The topological polar surface area (TPSA) is 90.6 Å². The SMILES string of the molecule is CCc1cc(F)cc(-n2nnn(C)c2=O)c1COc1ccn[nH]1. The standard InChI is InChI=1S/C14H15FN6O2/c1-3-9-6-10(15)7-12(21-14(22)20(2)18-19-21)11(9)8-23-13-4-5-16-17-13/h4-7H,3,8H2,1-2H3,(H,16,17). The second kappa shape index (κ2) is 6.03. The van der Waals surface area contributed by atoms with E-state index in [9.17, 15) is 9.18 Å². The van der Waals surface area contributed by atoms with Crippen molar-refractivity contribution in [3.8, 4) is 11.6 Å². The lowest BCUT2D eigenvalue weighted by Gasteiger charge is -2.13. The van der Waals surface area contributed by atoms with Crippen molar-refractivity contribution in [2.75, 3.05) is 0 Å². The van der Waals surface area contributed by atoms with Gasteiger partial charge in [0, 0.05) is 24.7 Å². The summed E-state index contributed by atoms with van der Waals surface area (Å²) in [6, 6.07) is 4.35. The Bertz CT molecular complexity index is 868. The highest BCUT2D eigenvalue weighted by Crippen LogP contribution is 2.22. The predicted molar refractivity (Wildman–Crippen MR) is 78.9 cm³/mol. The van der Waals surface area contributed by atoms with Crippen molar-refractivity contribution in [1.82, 2.24) is 30.0 Å². The van der Waals surface area contributed by atoms with Crippen LogP contribution in [0.15, 0.2) is 29.2 Å². The predicted octanol–water partition coefficient (Wildman–Crippen LogP) is 0.970. The molecule has 0 amide bonds. The van der Waals surface area contributed by atoms with Gasteiger partial charge < -0.3 is 4.74 Å². The Labute approximate surface area is 130 Å². The second-order valence-electron chi connectivity index (χ2n) is 4.92. The molecule has 8 nitrogen and oxygen atoms in total. The molecule has 0 spiro atoms. The van der Waals surface area contributed by atoms with E-state index in [1.54, 1.807) is 12.3 Å². The Morgan fingerprint density at radius 1 is 1.35 bits per heavy atom. The summed E-state index contributed by atoms with van der Waals surface area (Å²) in [6.45, 7) is 2.04. The van der Waals surface area contributed by atoms with Crippen LogP contribution in [0.5, 0.6) is 5.88 Å². The molecule has 0 aliphatic heterocycles. The van der Waals surface area contributed by atoms with Crippen molar-refractivity contribution in [3.05, 3.63) is 51.8 Å². The molecule has 0 bridgehead atoms. The molecule has 120 valence electrons. The van der Waals surface area contributed by atoms with Gasteiger partial charge in [-0.1, -0.05) is 6.92 Å². The summed E-state index contributed by atoms with van der Waals surface area (Å²) in [4.78, 5) is 12.1. The number of H-pyrrole nitrogens is 1. The first-order valence-corrected chi connectivity index (χ1v) is 7.03. The molecular formula is C14H15FN6O2. The molecule has 0 radical (unpaired) electrons. The summed E-state index contributed by atoms with van der Waals surface area (Å²) in [6.07, 6.45) is 2.15. The summed E-state index contributed by atoms with van der Waals surface area (Å²) in [5, 5.41) is 13.9. The Balaban J connectivity index is 2.08. The first kappa shape index (κ1) is 14.9. The van der Waals surface area contributed by atoms with Crippen molar-refractivity contribution in [2.45, 2.75) is 20.0 Å². The molecule has 2 aromatic heterocycles. The lowest BCUT2D eigenvalue weighted by molar-refractivity contribution is 0.291. The molecule has 0 fully saturated rings. The van der Waals surface area contributed by atoms with Crippen LogP contribution in [-0.2, 0) is 20.1 Å². The number of benzene rings is 1. The lowest BCUT2D eigenvalue weighted by Crippen LogP contribution is -2.23. The smallest absolute Gasteiger partial charge is 0.368 e. The highest BCUT2D eigenvalue weighted by Gasteiger charge is 2.17. The van der Waals surface area contributed by atoms with Crippen molar-refractivity contribution in [3.63, 3.8) is 0 Å². The molecule has 0 saturated carbocycles.